The van der Waals surface area contributed by atoms with Gasteiger partial charge in [-0.2, -0.15) is 13.2 Å². The molecule has 1 aromatic carbocycles. The third-order valence-electron chi connectivity index (χ3n) is 3.00. The molecule has 0 aliphatic carbocycles. The van der Waals surface area contributed by atoms with Crippen LogP contribution >= 0.6 is 23.1 Å². The number of alkyl halides is 3. The van der Waals surface area contributed by atoms with Gasteiger partial charge in [0.1, 0.15) is 5.75 Å². The zero-order valence-corrected chi connectivity index (χ0v) is 14.4. The predicted octanol–water partition coefficient (Wildman–Crippen LogP) is 4.53. The summed E-state index contributed by atoms with van der Waals surface area (Å²) in [7, 11) is 0. The van der Waals surface area contributed by atoms with Crippen LogP contribution in [0.15, 0.2) is 23.1 Å². The molecule has 24 heavy (non-hydrogen) atoms. The molecule has 2 rings (SSSR count). The van der Waals surface area contributed by atoms with Crippen LogP contribution < -0.4 is 4.74 Å². The summed E-state index contributed by atoms with van der Waals surface area (Å²) in [5, 5.41) is 7.77. The van der Waals surface area contributed by atoms with E-state index in [1.54, 1.807) is 26.0 Å². The Bertz CT molecular complexity index is 744. The number of hydrogen-bond donors (Lipinski definition) is 1. The van der Waals surface area contributed by atoms with Crippen LogP contribution in [0.5, 0.6) is 5.75 Å². The highest BCUT2D eigenvalue weighted by Gasteiger charge is 2.35. The molecule has 1 aromatic heterocycles. The second kappa shape index (κ2) is 7.43. The van der Waals surface area contributed by atoms with Crippen LogP contribution in [-0.4, -0.2) is 22.7 Å². The summed E-state index contributed by atoms with van der Waals surface area (Å²) in [4.78, 5) is 15.5. The minimum Gasteiger partial charge on any atom is -0.482 e. The molecular weight excluding hydrogens is 363 g/mol. The van der Waals surface area contributed by atoms with Crippen LogP contribution in [0.3, 0.4) is 0 Å². The SMILES string of the molecule is Cc1cc(SCc2sc(C(F)(F)F)nc2C)ccc1OCC(=O)O. The van der Waals surface area contributed by atoms with Gasteiger partial charge in [0.25, 0.3) is 0 Å². The molecule has 0 atom stereocenters. The lowest BCUT2D eigenvalue weighted by atomic mass is 10.2. The highest BCUT2D eigenvalue weighted by molar-refractivity contribution is 7.98. The number of hydrogen-bond acceptors (Lipinski definition) is 5. The number of benzene rings is 1. The number of carboxylic acid groups (broad SMARTS) is 1. The van der Waals surface area contributed by atoms with Crippen molar-refractivity contribution in [1.29, 1.82) is 0 Å². The first kappa shape index (κ1) is 18.6. The van der Waals surface area contributed by atoms with E-state index in [-0.39, 0.29) is 0 Å². The van der Waals surface area contributed by atoms with Gasteiger partial charge in [0.2, 0.25) is 0 Å². The fourth-order valence-electron chi connectivity index (χ4n) is 1.85. The zero-order valence-electron chi connectivity index (χ0n) is 12.8. The maximum Gasteiger partial charge on any atom is 0.443 e. The summed E-state index contributed by atoms with van der Waals surface area (Å²) in [6.45, 7) is 2.92. The van der Waals surface area contributed by atoms with Gasteiger partial charge in [-0.1, -0.05) is 0 Å². The molecule has 0 bridgehead atoms. The third-order valence-corrected chi connectivity index (χ3v) is 5.41. The lowest BCUT2D eigenvalue weighted by Crippen LogP contribution is -2.09. The Morgan fingerprint density at radius 1 is 1.38 bits per heavy atom. The summed E-state index contributed by atoms with van der Waals surface area (Å²) in [6.07, 6.45) is -4.42. The van der Waals surface area contributed by atoms with Crippen molar-refractivity contribution in [3.05, 3.63) is 39.3 Å². The topological polar surface area (TPSA) is 59.4 Å². The molecule has 0 saturated heterocycles. The van der Waals surface area contributed by atoms with Gasteiger partial charge in [-0.3, -0.25) is 0 Å². The number of thioether (sulfide) groups is 1. The van der Waals surface area contributed by atoms with Crippen LogP contribution in [0.4, 0.5) is 13.2 Å². The van der Waals surface area contributed by atoms with Gasteiger partial charge in [0, 0.05) is 15.5 Å². The standard InChI is InChI=1S/C15H14F3NO3S2/c1-8-5-10(3-4-11(8)22-6-13(20)21)23-7-12-9(2)19-14(24-12)15(16,17)18/h3-5H,6-7H2,1-2H3,(H,20,21). The summed E-state index contributed by atoms with van der Waals surface area (Å²) in [5.41, 5.74) is 1.15. The average Bonchev–Trinajstić information content (AvgIpc) is 2.85. The van der Waals surface area contributed by atoms with Crippen molar-refractivity contribution in [1.82, 2.24) is 4.98 Å². The zero-order chi connectivity index (χ0) is 17.9. The number of ether oxygens (including phenoxy) is 1. The van der Waals surface area contributed by atoms with E-state index in [1.165, 1.54) is 11.8 Å². The molecule has 0 aliphatic heterocycles. The summed E-state index contributed by atoms with van der Waals surface area (Å²) < 4.78 is 43.1. The summed E-state index contributed by atoms with van der Waals surface area (Å²) in [6, 6.07) is 5.21. The number of nitrogens with zero attached hydrogens (tertiary/aromatic N) is 1. The first-order valence-electron chi connectivity index (χ1n) is 6.78. The molecule has 9 heteroatoms. The molecule has 1 N–H and O–H groups in total. The van der Waals surface area contributed by atoms with E-state index in [0.717, 1.165) is 10.5 Å². The maximum absolute atomic E-state index is 12.7. The second-order valence-electron chi connectivity index (χ2n) is 4.92. The molecule has 0 amide bonds. The highest BCUT2D eigenvalue weighted by atomic mass is 32.2. The van der Waals surface area contributed by atoms with Crippen molar-refractivity contribution in [2.24, 2.45) is 0 Å². The molecule has 0 fully saturated rings. The van der Waals surface area contributed by atoms with E-state index in [9.17, 15) is 18.0 Å². The van der Waals surface area contributed by atoms with Gasteiger partial charge in [-0.25, -0.2) is 9.78 Å². The number of carboxylic acids is 1. The van der Waals surface area contributed by atoms with E-state index in [1.807, 2.05) is 6.07 Å². The van der Waals surface area contributed by atoms with Gasteiger partial charge >= 0.3 is 12.1 Å². The van der Waals surface area contributed by atoms with Crippen LogP contribution in [-0.2, 0) is 16.7 Å². The molecular formula is C15H14F3NO3S2. The van der Waals surface area contributed by atoms with Crippen LogP contribution in [0.1, 0.15) is 21.1 Å². The van der Waals surface area contributed by atoms with E-state index in [4.69, 9.17) is 9.84 Å². The Kier molecular flexibility index (Phi) is 5.76. The van der Waals surface area contributed by atoms with Crippen LogP contribution in [0.25, 0.3) is 0 Å². The minimum atomic E-state index is -4.42. The van der Waals surface area contributed by atoms with E-state index in [0.29, 0.717) is 33.4 Å². The predicted molar refractivity (Wildman–Crippen MR) is 85.7 cm³/mol. The van der Waals surface area contributed by atoms with E-state index in [2.05, 4.69) is 4.98 Å². The van der Waals surface area contributed by atoms with Gasteiger partial charge in [-0.05, 0) is 37.6 Å². The third kappa shape index (κ3) is 4.88. The highest BCUT2D eigenvalue weighted by Crippen LogP contribution is 2.36. The van der Waals surface area contributed by atoms with Crippen molar-refractivity contribution in [2.45, 2.75) is 30.7 Å². The molecule has 0 unspecified atom stereocenters. The molecule has 1 heterocycles. The van der Waals surface area contributed by atoms with E-state index >= 15 is 0 Å². The van der Waals surface area contributed by atoms with Crippen LogP contribution in [0, 0.1) is 13.8 Å². The monoisotopic (exact) mass is 377 g/mol. The Hall–Kier alpha value is -1.74. The van der Waals surface area contributed by atoms with Gasteiger partial charge < -0.3 is 9.84 Å². The van der Waals surface area contributed by atoms with Crippen LogP contribution in [0.2, 0.25) is 0 Å². The summed E-state index contributed by atoms with van der Waals surface area (Å²) >= 11 is 2.05. The van der Waals surface area contributed by atoms with Crippen molar-refractivity contribution in [3.63, 3.8) is 0 Å². The molecule has 0 saturated carbocycles. The minimum absolute atomic E-state index is 0.383. The molecule has 0 radical (unpaired) electrons. The number of thiazole rings is 1. The van der Waals surface area contributed by atoms with Crippen molar-refractivity contribution < 1.29 is 27.8 Å². The lowest BCUT2D eigenvalue weighted by Gasteiger charge is -2.08. The van der Waals surface area contributed by atoms with Gasteiger partial charge in [0.05, 0.1) is 5.69 Å². The maximum atomic E-state index is 12.7. The van der Waals surface area contributed by atoms with Crippen molar-refractivity contribution in [3.8, 4) is 5.75 Å². The Balaban J connectivity index is 2.03. The molecule has 0 aliphatic rings. The molecule has 4 nitrogen and oxygen atoms in total. The van der Waals surface area contributed by atoms with Crippen molar-refractivity contribution in [2.75, 3.05) is 6.61 Å². The molecule has 130 valence electrons. The first-order valence-corrected chi connectivity index (χ1v) is 8.58. The number of aromatic nitrogens is 1. The Morgan fingerprint density at radius 2 is 2.08 bits per heavy atom. The number of rotatable bonds is 6. The number of aryl methyl sites for hydroxylation is 2. The van der Waals surface area contributed by atoms with Crippen molar-refractivity contribution >= 4 is 29.1 Å². The quantitative estimate of drug-likeness (QED) is 0.750. The second-order valence-corrected chi connectivity index (χ2v) is 7.06. The fourth-order valence-corrected chi connectivity index (χ4v) is 3.91. The average molecular weight is 377 g/mol. The first-order chi connectivity index (χ1) is 11.2. The Labute approximate surface area is 144 Å². The van der Waals surface area contributed by atoms with E-state index < -0.39 is 23.8 Å². The normalized spacial score (nSPS) is 11.5. The number of halogens is 3. The smallest absolute Gasteiger partial charge is 0.443 e. The number of aliphatic carboxylic acids is 1. The van der Waals surface area contributed by atoms with Gasteiger partial charge in [0.15, 0.2) is 11.6 Å². The lowest BCUT2D eigenvalue weighted by molar-refractivity contribution is -0.139. The molecule has 0 spiro atoms. The number of carbonyl (C=O) groups is 1. The Morgan fingerprint density at radius 3 is 2.62 bits per heavy atom. The molecule has 2 aromatic rings. The van der Waals surface area contributed by atoms with Gasteiger partial charge in [-0.15, -0.1) is 23.1 Å². The largest absolute Gasteiger partial charge is 0.482 e. The summed E-state index contributed by atoms with van der Waals surface area (Å²) in [5.74, 6) is -0.210. The fraction of sp³-hybridized carbons (Fsp3) is 0.333.